The molecular formula is C10H18N2S. The first-order valence-corrected chi connectivity index (χ1v) is 5.90. The second kappa shape index (κ2) is 2.91. The molecule has 0 aromatic heterocycles. The average molecular weight is 198 g/mol. The van der Waals surface area contributed by atoms with Gasteiger partial charge >= 0.3 is 0 Å². The lowest BCUT2D eigenvalue weighted by Crippen LogP contribution is -2.23. The molecule has 0 amide bonds. The zero-order chi connectivity index (χ0) is 9.64. The van der Waals surface area contributed by atoms with E-state index < -0.39 is 0 Å². The van der Waals surface area contributed by atoms with Crippen LogP contribution >= 0.6 is 11.8 Å². The zero-order valence-corrected chi connectivity index (χ0v) is 9.16. The van der Waals surface area contributed by atoms with Crippen molar-refractivity contribution in [3.8, 4) is 0 Å². The van der Waals surface area contributed by atoms with Gasteiger partial charge in [-0.3, -0.25) is 5.41 Å². The van der Waals surface area contributed by atoms with E-state index in [0.717, 1.165) is 11.8 Å². The summed E-state index contributed by atoms with van der Waals surface area (Å²) in [5.41, 5.74) is 5.95. The van der Waals surface area contributed by atoms with Gasteiger partial charge in [0.25, 0.3) is 0 Å². The number of amidine groups is 1. The largest absolute Gasteiger partial charge is 0.379 e. The van der Waals surface area contributed by atoms with Crippen molar-refractivity contribution in [3.63, 3.8) is 0 Å². The van der Waals surface area contributed by atoms with E-state index in [1.54, 1.807) is 11.8 Å². The molecule has 0 spiro atoms. The van der Waals surface area contributed by atoms with Gasteiger partial charge in [-0.2, -0.15) is 0 Å². The van der Waals surface area contributed by atoms with Crippen molar-refractivity contribution >= 4 is 16.9 Å². The van der Waals surface area contributed by atoms with Crippen molar-refractivity contribution in [3.05, 3.63) is 0 Å². The molecule has 2 bridgehead atoms. The van der Waals surface area contributed by atoms with E-state index in [1.807, 2.05) is 0 Å². The molecule has 0 aliphatic heterocycles. The minimum Gasteiger partial charge on any atom is -0.379 e. The topological polar surface area (TPSA) is 49.9 Å². The van der Waals surface area contributed by atoms with Crippen LogP contribution in [0.2, 0.25) is 0 Å². The summed E-state index contributed by atoms with van der Waals surface area (Å²) in [6, 6.07) is 0. The first-order valence-electron chi connectivity index (χ1n) is 5.02. The van der Waals surface area contributed by atoms with Gasteiger partial charge in [0.05, 0.1) is 0 Å². The molecular weight excluding hydrogens is 180 g/mol. The van der Waals surface area contributed by atoms with Gasteiger partial charge in [-0.1, -0.05) is 25.6 Å². The Labute approximate surface area is 84.2 Å². The number of nitrogens with one attached hydrogen (secondary N) is 1. The highest BCUT2D eigenvalue weighted by molar-refractivity contribution is 8.14. The van der Waals surface area contributed by atoms with E-state index >= 15 is 0 Å². The van der Waals surface area contributed by atoms with E-state index in [0.29, 0.717) is 15.8 Å². The fourth-order valence-electron chi connectivity index (χ4n) is 3.25. The third-order valence-corrected chi connectivity index (χ3v) is 5.16. The standard InChI is InChI=1S/C10H18N2S/c1-10(2)6-3-4-7(10)8(5-6)13-9(11)12/h6-8H,3-5H2,1-2H3,(H3,11,12)/t6-,7+,8+/m0/s1. The molecule has 2 aliphatic rings. The van der Waals surface area contributed by atoms with Crippen LogP contribution in [-0.4, -0.2) is 10.4 Å². The van der Waals surface area contributed by atoms with Crippen molar-refractivity contribution in [2.75, 3.05) is 0 Å². The van der Waals surface area contributed by atoms with E-state index in [-0.39, 0.29) is 0 Å². The zero-order valence-electron chi connectivity index (χ0n) is 8.34. The quantitative estimate of drug-likeness (QED) is 0.502. The van der Waals surface area contributed by atoms with Crippen LogP contribution in [0, 0.1) is 22.7 Å². The molecule has 2 saturated carbocycles. The Bertz CT molecular complexity index is 237. The van der Waals surface area contributed by atoms with Gasteiger partial charge in [0.15, 0.2) is 5.17 Å². The molecule has 0 aromatic carbocycles. The van der Waals surface area contributed by atoms with Crippen LogP contribution in [0.25, 0.3) is 0 Å². The number of rotatable bonds is 1. The number of fused-ring (bicyclic) bond motifs is 2. The third kappa shape index (κ3) is 1.37. The van der Waals surface area contributed by atoms with Gasteiger partial charge in [-0.05, 0) is 36.5 Å². The Balaban J connectivity index is 2.09. The Morgan fingerprint density at radius 2 is 2.15 bits per heavy atom. The maximum Gasteiger partial charge on any atom is 0.151 e. The molecule has 0 radical (unpaired) electrons. The first kappa shape index (κ1) is 9.38. The average Bonchev–Trinajstić information content (AvgIpc) is 2.38. The monoisotopic (exact) mass is 198 g/mol. The molecule has 0 unspecified atom stereocenters. The first-order chi connectivity index (χ1) is 6.01. The number of thioether (sulfide) groups is 1. The summed E-state index contributed by atoms with van der Waals surface area (Å²) in [4.78, 5) is 0. The number of nitrogens with two attached hydrogens (primary N) is 1. The smallest absolute Gasteiger partial charge is 0.151 e. The van der Waals surface area contributed by atoms with Gasteiger partial charge in [-0.15, -0.1) is 0 Å². The van der Waals surface area contributed by atoms with Gasteiger partial charge < -0.3 is 5.73 Å². The maximum atomic E-state index is 7.31. The molecule has 0 aromatic rings. The Kier molecular flexibility index (Phi) is 2.10. The predicted octanol–water partition coefficient (Wildman–Crippen LogP) is 2.44. The van der Waals surface area contributed by atoms with Crippen LogP contribution in [0.5, 0.6) is 0 Å². The van der Waals surface area contributed by atoms with Crippen LogP contribution in [0.3, 0.4) is 0 Å². The SMILES string of the molecule is CC1(C)[C@H]2CC[C@@H]1[C@H](SC(=N)N)C2. The maximum absolute atomic E-state index is 7.31. The minimum absolute atomic E-state index is 0.299. The van der Waals surface area contributed by atoms with Crippen LogP contribution in [0.15, 0.2) is 0 Å². The molecule has 2 rings (SSSR count). The Hall–Kier alpha value is -0.180. The Morgan fingerprint density at radius 3 is 2.54 bits per heavy atom. The Morgan fingerprint density at radius 1 is 1.46 bits per heavy atom. The lowest BCUT2D eigenvalue weighted by atomic mass is 9.82. The van der Waals surface area contributed by atoms with Crippen LogP contribution < -0.4 is 5.73 Å². The molecule has 2 fully saturated rings. The number of hydrogen-bond acceptors (Lipinski definition) is 2. The molecule has 3 atom stereocenters. The van der Waals surface area contributed by atoms with E-state index in [4.69, 9.17) is 11.1 Å². The predicted molar refractivity (Wildman–Crippen MR) is 57.9 cm³/mol. The van der Waals surface area contributed by atoms with Gasteiger partial charge in [0.1, 0.15) is 0 Å². The lowest BCUT2D eigenvalue weighted by Gasteiger charge is -2.25. The lowest BCUT2D eigenvalue weighted by molar-refractivity contribution is 0.261. The van der Waals surface area contributed by atoms with Gasteiger partial charge in [-0.25, -0.2) is 0 Å². The molecule has 74 valence electrons. The molecule has 2 aliphatic carbocycles. The van der Waals surface area contributed by atoms with Crippen LogP contribution in [0.4, 0.5) is 0 Å². The normalized spacial score (nSPS) is 40.9. The fraction of sp³-hybridized carbons (Fsp3) is 0.900. The summed E-state index contributed by atoms with van der Waals surface area (Å²) in [7, 11) is 0. The third-order valence-electron chi connectivity index (χ3n) is 4.08. The van der Waals surface area contributed by atoms with E-state index in [1.165, 1.54) is 19.3 Å². The molecule has 3 N–H and O–H groups in total. The highest BCUT2D eigenvalue weighted by Gasteiger charge is 2.53. The van der Waals surface area contributed by atoms with E-state index in [2.05, 4.69) is 13.8 Å². The molecule has 2 nitrogen and oxygen atoms in total. The van der Waals surface area contributed by atoms with Crippen LogP contribution in [0.1, 0.15) is 33.1 Å². The van der Waals surface area contributed by atoms with Gasteiger partial charge in [0.2, 0.25) is 0 Å². The summed E-state index contributed by atoms with van der Waals surface area (Å²) < 4.78 is 0. The van der Waals surface area contributed by atoms with Crippen molar-refractivity contribution in [1.82, 2.24) is 0 Å². The van der Waals surface area contributed by atoms with Crippen molar-refractivity contribution in [1.29, 1.82) is 5.41 Å². The highest BCUT2D eigenvalue weighted by Crippen LogP contribution is 2.60. The van der Waals surface area contributed by atoms with Crippen molar-refractivity contribution in [2.24, 2.45) is 23.0 Å². The minimum atomic E-state index is 0.299. The van der Waals surface area contributed by atoms with Gasteiger partial charge in [0, 0.05) is 5.25 Å². The highest BCUT2D eigenvalue weighted by atomic mass is 32.2. The summed E-state index contributed by atoms with van der Waals surface area (Å²) >= 11 is 1.59. The van der Waals surface area contributed by atoms with Crippen LogP contribution in [-0.2, 0) is 0 Å². The second-order valence-electron chi connectivity index (χ2n) is 4.96. The summed E-state index contributed by atoms with van der Waals surface area (Å²) in [5, 5.41) is 8.24. The fourth-order valence-corrected chi connectivity index (χ4v) is 4.56. The summed E-state index contributed by atoms with van der Waals surface area (Å²) in [5.74, 6) is 1.68. The molecule has 3 heteroatoms. The molecule has 13 heavy (non-hydrogen) atoms. The molecule has 0 heterocycles. The second-order valence-corrected chi connectivity index (χ2v) is 6.24. The number of hydrogen-bond donors (Lipinski definition) is 2. The van der Waals surface area contributed by atoms with Crippen molar-refractivity contribution in [2.45, 2.75) is 38.4 Å². The van der Waals surface area contributed by atoms with Crippen molar-refractivity contribution < 1.29 is 0 Å². The summed E-state index contributed by atoms with van der Waals surface area (Å²) in [6.07, 6.45) is 4.02. The summed E-state index contributed by atoms with van der Waals surface area (Å²) in [6.45, 7) is 4.77. The molecule has 0 saturated heterocycles. The van der Waals surface area contributed by atoms with E-state index in [9.17, 15) is 0 Å².